The number of carbonyl (C=O) groups is 1. The number of hydrogen-bond acceptors (Lipinski definition) is 4. The third-order valence-electron chi connectivity index (χ3n) is 5.39. The standard InChI is InChI=1S/C19H23FN4O2/c1-12-21-18(26-23-12)13-7-9-24(10-8-13)19(25)22-17-4-2-3-14-11-15(20)5-6-16(14)17/h5-6,11,13,17H,2-4,7-10H2,1H3,(H,22,25). The molecule has 7 heteroatoms. The number of aryl methyl sites for hydroxylation is 2. The SMILES string of the molecule is Cc1noc(C2CCN(C(=O)NC3CCCc4cc(F)ccc43)CC2)n1. The van der Waals surface area contributed by atoms with Crippen LogP contribution in [0.2, 0.25) is 0 Å². The maximum Gasteiger partial charge on any atom is 0.317 e. The minimum atomic E-state index is -0.214. The summed E-state index contributed by atoms with van der Waals surface area (Å²) >= 11 is 0. The maximum absolute atomic E-state index is 13.4. The average molecular weight is 358 g/mol. The highest BCUT2D eigenvalue weighted by Crippen LogP contribution is 2.31. The van der Waals surface area contributed by atoms with E-state index in [0.29, 0.717) is 24.8 Å². The van der Waals surface area contributed by atoms with Crippen molar-refractivity contribution >= 4 is 6.03 Å². The molecule has 1 saturated heterocycles. The molecule has 26 heavy (non-hydrogen) atoms. The number of fused-ring (bicyclic) bond motifs is 1. The summed E-state index contributed by atoms with van der Waals surface area (Å²) in [5.74, 6) is 1.33. The molecule has 2 heterocycles. The molecule has 0 spiro atoms. The van der Waals surface area contributed by atoms with Gasteiger partial charge in [0.2, 0.25) is 5.89 Å². The molecule has 2 aliphatic rings. The van der Waals surface area contributed by atoms with Gasteiger partial charge in [-0.2, -0.15) is 4.98 Å². The maximum atomic E-state index is 13.4. The second-order valence-corrected chi connectivity index (χ2v) is 7.18. The van der Waals surface area contributed by atoms with Crippen molar-refractivity contribution in [1.82, 2.24) is 20.4 Å². The number of aromatic nitrogens is 2. The summed E-state index contributed by atoms with van der Waals surface area (Å²) in [7, 11) is 0. The van der Waals surface area contributed by atoms with E-state index in [2.05, 4.69) is 15.5 Å². The Morgan fingerprint density at radius 3 is 2.85 bits per heavy atom. The van der Waals surface area contributed by atoms with Gasteiger partial charge in [-0.1, -0.05) is 11.2 Å². The van der Waals surface area contributed by atoms with E-state index in [1.54, 1.807) is 12.1 Å². The first-order valence-electron chi connectivity index (χ1n) is 9.24. The second-order valence-electron chi connectivity index (χ2n) is 7.18. The van der Waals surface area contributed by atoms with E-state index < -0.39 is 0 Å². The minimum Gasteiger partial charge on any atom is -0.339 e. The largest absolute Gasteiger partial charge is 0.339 e. The van der Waals surface area contributed by atoms with Crippen molar-refractivity contribution in [3.05, 3.63) is 46.9 Å². The number of hydrogen-bond donors (Lipinski definition) is 1. The molecule has 0 saturated carbocycles. The summed E-state index contributed by atoms with van der Waals surface area (Å²) < 4.78 is 18.7. The fourth-order valence-corrected chi connectivity index (χ4v) is 3.98. The molecule has 1 aliphatic heterocycles. The molecule has 6 nitrogen and oxygen atoms in total. The summed E-state index contributed by atoms with van der Waals surface area (Å²) in [6.45, 7) is 3.14. The number of benzene rings is 1. The Bertz CT molecular complexity index is 799. The quantitative estimate of drug-likeness (QED) is 0.892. The lowest BCUT2D eigenvalue weighted by molar-refractivity contribution is 0.170. The highest BCUT2D eigenvalue weighted by Gasteiger charge is 2.29. The van der Waals surface area contributed by atoms with Gasteiger partial charge in [0.15, 0.2) is 5.82 Å². The van der Waals surface area contributed by atoms with Crippen LogP contribution in [0.3, 0.4) is 0 Å². The lowest BCUT2D eigenvalue weighted by Crippen LogP contribution is -2.45. The van der Waals surface area contributed by atoms with Crippen LogP contribution in [-0.2, 0) is 6.42 Å². The van der Waals surface area contributed by atoms with Crippen LogP contribution in [0.1, 0.15) is 60.5 Å². The number of halogens is 1. The van der Waals surface area contributed by atoms with E-state index in [0.717, 1.165) is 43.2 Å². The van der Waals surface area contributed by atoms with Crippen LogP contribution in [0.5, 0.6) is 0 Å². The molecule has 1 fully saturated rings. The average Bonchev–Trinajstić information content (AvgIpc) is 3.08. The number of nitrogens with zero attached hydrogens (tertiary/aromatic N) is 3. The molecular weight excluding hydrogens is 335 g/mol. The van der Waals surface area contributed by atoms with Gasteiger partial charge < -0.3 is 14.7 Å². The minimum absolute atomic E-state index is 0.0387. The van der Waals surface area contributed by atoms with Gasteiger partial charge in [0, 0.05) is 19.0 Å². The number of amides is 2. The molecule has 1 atom stereocenters. The molecule has 1 aliphatic carbocycles. The molecule has 0 radical (unpaired) electrons. The first-order valence-corrected chi connectivity index (χ1v) is 9.24. The van der Waals surface area contributed by atoms with Gasteiger partial charge in [0.25, 0.3) is 0 Å². The molecular formula is C19H23FN4O2. The molecule has 1 aromatic heterocycles. The van der Waals surface area contributed by atoms with Crippen molar-refractivity contribution in [2.75, 3.05) is 13.1 Å². The van der Waals surface area contributed by atoms with Crippen LogP contribution >= 0.6 is 0 Å². The summed E-state index contributed by atoms with van der Waals surface area (Å²) in [4.78, 5) is 18.8. The topological polar surface area (TPSA) is 71.3 Å². The van der Waals surface area contributed by atoms with Crippen molar-refractivity contribution in [1.29, 1.82) is 0 Å². The van der Waals surface area contributed by atoms with E-state index in [1.165, 1.54) is 6.07 Å². The first kappa shape index (κ1) is 17.0. The van der Waals surface area contributed by atoms with Crippen LogP contribution in [0.25, 0.3) is 0 Å². The van der Waals surface area contributed by atoms with Gasteiger partial charge >= 0.3 is 6.03 Å². The molecule has 1 N–H and O–H groups in total. The number of carbonyl (C=O) groups excluding carboxylic acids is 1. The third-order valence-corrected chi connectivity index (χ3v) is 5.39. The lowest BCUT2D eigenvalue weighted by Gasteiger charge is -2.33. The summed E-state index contributed by atoms with van der Waals surface area (Å²) in [6.07, 6.45) is 4.36. The zero-order valence-corrected chi connectivity index (χ0v) is 14.9. The summed E-state index contributed by atoms with van der Waals surface area (Å²) in [5, 5.41) is 6.98. The van der Waals surface area contributed by atoms with Crippen molar-refractivity contribution in [3.63, 3.8) is 0 Å². The predicted octanol–water partition coefficient (Wildman–Crippen LogP) is 3.48. The van der Waals surface area contributed by atoms with Gasteiger partial charge in [0.1, 0.15) is 5.82 Å². The van der Waals surface area contributed by atoms with Crippen molar-refractivity contribution in [2.45, 2.75) is 51.0 Å². The number of likely N-dealkylation sites (tertiary alicyclic amines) is 1. The highest BCUT2D eigenvalue weighted by atomic mass is 19.1. The van der Waals surface area contributed by atoms with E-state index in [-0.39, 0.29) is 23.8 Å². The van der Waals surface area contributed by atoms with Crippen molar-refractivity contribution in [3.8, 4) is 0 Å². The lowest BCUT2D eigenvalue weighted by atomic mass is 9.87. The molecule has 2 aromatic rings. The van der Waals surface area contributed by atoms with Crippen LogP contribution in [0, 0.1) is 12.7 Å². The van der Waals surface area contributed by atoms with Gasteiger partial charge in [-0.25, -0.2) is 9.18 Å². The fraction of sp³-hybridized carbons (Fsp3) is 0.526. The van der Waals surface area contributed by atoms with Crippen LogP contribution < -0.4 is 5.32 Å². The van der Waals surface area contributed by atoms with Gasteiger partial charge in [-0.05, 0) is 62.3 Å². The molecule has 0 bridgehead atoms. The fourth-order valence-electron chi connectivity index (χ4n) is 3.98. The number of urea groups is 1. The normalized spacial score (nSPS) is 20.7. The zero-order valence-electron chi connectivity index (χ0n) is 14.9. The first-order chi connectivity index (χ1) is 12.6. The predicted molar refractivity (Wildman–Crippen MR) is 93.2 cm³/mol. The monoisotopic (exact) mass is 358 g/mol. The van der Waals surface area contributed by atoms with E-state index in [1.807, 2.05) is 11.8 Å². The van der Waals surface area contributed by atoms with Crippen LogP contribution in [0.15, 0.2) is 22.7 Å². The number of nitrogens with one attached hydrogen (secondary N) is 1. The second kappa shape index (κ2) is 7.05. The van der Waals surface area contributed by atoms with Gasteiger partial charge in [-0.3, -0.25) is 0 Å². The molecule has 1 aromatic carbocycles. The van der Waals surface area contributed by atoms with Gasteiger partial charge in [0.05, 0.1) is 6.04 Å². The third kappa shape index (κ3) is 3.43. The Balaban J connectivity index is 1.36. The van der Waals surface area contributed by atoms with E-state index in [9.17, 15) is 9.18 Å². The van der Waals surface area contributed by atoms with Crippen molar-refractivity contribution in [2.24, 2.45) is 0 Å². The Hall–Kier alpha value is -2.44. The Labute approximate surface area is 151 Å². The zero-order chi connectivity index (χ0) is 18.1. The molecule has 1 unspecified atom stereocenters. The summed E-state index contributed by atoms with van der Waals surface area (Å²) in [6, 6.07) is 4.78. The van der Waals surface area contributed by atoms with E-state index >= 15 is 0 Å². The Morgan fingerprint density at radius 1 is 1.31 bits per heavy atom. The summed E-state index contributed by atoms with van der Waals surface area (Å²) in [5.41, 5.74) is 2.05. The van der Waals surface area contributed by atoms with E-state index in [4.69, 9.17) is 4.52 Å². The molecule has 138 valence electrons. The Kier molecular flexibility index (Phi) is 4.61. The number of rotatable bonds is 2. The van der Waals surface area contributed by atoms with Crippen LogP contribution in [0.4, 0.5) is 9.18 Å². The van der Waals surface area contributed by atoms with Crippen LogP contribution in [-0.4, -0.2) is 34.2 Å². The molecule has 4 rings (SSSR count). The number of piperidine rings is 1. The van der Waals surface area contributed by atoms with Gasteiger partial charge in [-0.15, -0.1) is 0 Å². The smallest absolute Gasteiger partial charge is 0.317 e. The van der Waals surface area contributed by atoms with Crippen molar-refractivity contribution < 1.29 is 13.7 Å². The molecule has 2 amide bonds. The Morgan fingerprint density at radius 2 is 2.12 bits per heavy atom. The highest BCUT2D eigenvalue weighted by molar-refractivity contribution is 5.75.